The molecule has 5 rings (SSSR count). The van der Waals surface area contributed by atoms with Gasteiger partial charge >= 0.3 is 0 Å². The third-order valence-electron chi connectivity index (χ3n) is 5.69. The highest BCUT2D eigenvalue weighted by Crippen LogP contribution is 2.48. The zero-order chi connectivity index (χ0) is 17.1. The molecule has 1 fully saturated rings. The molecule has 0 saturated carbocycles. The average molecular weight is 330 g/mol. The van der Waals surface area contributed by atoms with Crippen LogP contribution in [0.15, 0.2) is 54.1 Å². The Morgan fingerprint density at radius 3 is 2.64 bits per heavy atom. The van der Waals surface area contributed by atoms with Gasteiger partial charge in [0.05, 0.1) is 12.0 Å². The molecule has 0 bridgehead atoms. The van der Waals surface area contributed by atoms with Crippen LogP contribution in [0.25, 0.3) is 6.08 Å². The van der Waals surface area contributed by atoms with E-state index in [4.69, 9.17) is 0 Å². The summed E-state index contributed by atoms with van der Waals surface area (Å²) >= 11 is 0. The first-order chi connectivity index (χ1) is 12.2. The second-order valence-corrected chi connectivity index (χ2v) is 6.93. The summed E-state index contributed by atoms with van der Waals surface area (Å²) in [5.41, 5.74) is 5.17. The Hall–Kier alpha value is -2.88. The molecule has 0 aliphatic carbocycles. The Labute approximate surface area is 146 Å². The number of para-hydroxylation sites is 1. The molecule has 2 aromatic rings. The largest absolute Gasteiger partial charge is 0.363 e. The molecule has 1 saturated heterocycles. The monoisotopic (exact) mass is 330 g/mol. The minimum absolute atomic E-state index is 0.101. The van der Waals surface area contributed by atoms with Gasteiger partial charge in [-0.25, -0.2) is 0 Å². The molecule has 25 heavy (non-hydrogen) atoms. The molecule has 4 heteroatoms. The van der Waals surface area contributed by atoms with Crippen molar-refractivity contribution in [1.82, 2.24) is 4.90 Å². The van der Waals surface area contributed by atoms with Gasteiger partial charge in [-0.05, 0) is 35.3 Å². The molecule has 2 amide bonds. The van der Waals surface area contributed by atoms with Gasteiger partial charge in [-0.1, -0.05) is 42.5 Å². The van der Waals surface area contributed by atoms with Crippen LogP contribution in [0.3, 0.4) is 0 Å². The van der Waals surface area contributed by atoms with Crippen LogP contribution in [0, 0.1) is 5.92 Å². The van der Waals surface area contributed by atoms with Crippen molar-refractivity contribution in [2.75, 3.05) is 18.5 Å². The molecular formula is C21H18N2O2. The predicted octanol–water partition coefficient (Wildman–Crippen LogP) is 2.80. The van der Waals surface area contributed by atoms with Crippen molar-refractivity contribution in [3.05, 3.63) is 70.8 Å². The summed E-state index contributed by atoms with van der Waals surface area (Å²) in [5.74, 6) is -0.711. The number of likely N-dealkylation sites (tertiary alicyclic amines) is 1. The topological polar surface area (TPSA) is 40.6 Å². The molecule has 0 aromatic heterocycles. The van der Waals surface area contributed by atoms with Gasteiger partial charge in [-0.2, -0.15) is 0 Å². The van der Waals surface area contributed by atoms with Crippen molar-refractivity contribution >= 4 is 23.6 Å². The summed E-state index contributed by atoms with van der Waals surface area (Å²) in [4.78, 5) is 29.3. The fourth-order valence-electron chi connectivity index (χ4n) is 4.49. The van der Waals surface area contributed by atoms with Crippen LogP contribution in [-0.2, 0) is 16.0 Å². The molecule has 3 heterocycles. The zero-order valence-corrected chi connectivity index (χ0v) is 14.0. The number of likely N-dealkylation sites (N-methyl/N-ethyl adjacent to an activating group) is 1. The molecule has 3 aliphatic rings. The highest BCUT2D eigenvalue weighted by Gasteiger charge is 2.50. The van der Waals surface area contributed by atoms with Crippen molar-refractivity contribution in [2.45, 2.75) is 12.5 Å². The maximum atomic E-state index is 13.0. The third-order valence-corrected chi connectivity index (χ3v) is 5.69. The number of fused-ring (bicyclic) bond motifs is 7. The molecular weight excluding hydrogens is 312 g/mol. The first-order valence-corrected chi connectivity index (χ1v) is 8.64. The van der Waals surface area contributed by atoms with Gasteiger partial charge in [-0.15, -0.1) is 0 Å². The van der Waals surface area contributed by atoms with Crippen molar-refractivity contribution in [1.29, 1.82) is 0 Å². The summed E-state index contributed by atoms with van der Waals surface area (Å²) in [6.45, 7) is 0.849. The van der Waals surface area contributed by atoms with Crippen LogP contribution in [0.2, 0.25) is 0 Å². The average Bonchev–Trinajstić information content (AvgIpc) is 2.80. The summed E-state index contributed by atoms with van der Waals surface area (Å²) in [6, 6.07) is 16.3. The van der Waals surface area contributed by atoms with Crippen LogP contribution in [0.1, 0.15) is 22.7 Å². The molecule has 0 spiro atoms. The Morgan fingerprint density at radius 2 is 1.76 bits per heavy atom. The van der Waals surface area contributed by atoms with Gasteiger partial charge in [0.1, 0.15) is 0 Å². The second-order valence-electron chi connectivity index (χ2n) is 6.93. The number of hydrogen-bond acceptors (Lipinski definition) is 3. The standard InChI is InChI=1S/C21H18N2O2/c1-22-20(24)16-12-14-7-3-5-9-17(14)23-11-10-13-6-2-4-8-15(13)19(23)18(16)21(22)25/h2-9,12,18-19H,10-11H2,1H3. The highest BCUT2D eigenvalue weighted by molar-refractivity contribution is 6.18. The number of rotatable bonds is 0. The predicted molar refractivity (Wildman–Crippen MR) is 95.9 cm³/mol. The van der Waals surface area contributed by atoms with E-state index < -0.39 is 5.92 Å². The fraction of sp³-hybridized carbons (Fsp3) is 0.238. The van der Waals surface area contributed by atoms with E-state index in [1.54, 1.807) is 7.05 Å². The van der Waals surface area contributed by atoms with Crippen LogP contribution in [0.5, 0.6) is 0 Å². The lowest BCUT2D eigenvalue weighted by Crippen LogP contribution is -2.41. The summed E-state index contributed by atoms with van der Waals surface area (Å²) in [5, 5.41) is 0. The summed E-state index contributed by atoms with van der Waals surface area (Å²) in [7, 11) is 1.59. The van der Waals surface area contributed by atoms with E-state index in [-0.39, 0.29) is 17.9 Å². The van der Waals surface area contributed by atoms with E-state index in [0.717, 1.165) is 29.8 Å². The minimum atomic E-state index is -0.439. The number of amides is 2. The maximum absolute atomic E-state index is 13.0. The van der Waals surface area contributed by atoms with Crippen molar-refractivity contribution in [3.8, 4) is 0 Å². The van der Waals surface area contributed by atoms with Gasteiger partial charge in [-0.3, -0.25) is 14.5 Å². The molecule has 0 radical (unpaired) electrons. The number of carbonyl (C=O) groups excluding carboxylic acids is 2. The molecule has 2 atom stereocenters. The van der Waals surface area contributed by atoms with E-state index >= 15 is 0 Å². The number of imide groups is 1. The maximum Gasteiger partial charge on any atom is 0.257 e. The Balaban J connectivity index is 1.81. The van der Waals surface area contributed by atoms with Crippen LogP contribution >= 0.6 is 0 Å². The molecule has 2 unspecified atom stereocenters. The number of benzene rings is 2. The van der Waals surface area contributed by atoms with Crippen molar-refractivity contribution in [3.63, 3.8) is 0 Å². The van der Waals surface area contributed by atoms with E-state index in [9.17, 15) is 9.59 Å². The normalized spacial score (nSPS) is 24.1. The van der Waals surface area contributed by atoms with E-state index in [1.165, 1.54) is 10.5 Å². The number of carbonyl (C=O) groups is 2. The zero-order valence-electron chi connectivity index (χ0n) is 14.0. The van der Waals surface area contributed by atoms with Gasteiger partial charge < -0.3 is 4.90 Å². The molecule has 4 nitrogen and oxygen atoms in total. The molecule has 2 aromatic carbocycles. The van der Waals surface area contributed by atoms with Crippen molar-refractivity contribution < 1.29 is 9.59 Å². The lowest BCUT2D eigenvalue weighted by atomic mass is 9.82. The van der Waals surface area contributed by atoms with Crippen LogP contribution < -0.4 is 4.90 Å². The van der Waals surface area contributed by atoms with Gasteiger partial charge in [0, 0.05) is 24.9 Å². The first kappa shape index (κ1) is 14.5. The minimum Gasteiger partial charge on any atom is -0.363 e. The Kier molecular flexibility index (Phi) is 2.93. The smallest absolute Gasteiger partial charge is 0.257 e. The van der Waals surface area contributed by atoms with E-state index in [2.05, 4.69) is 23.1 Å². The highest BCUT2D eigenvalue weighted by atomic mass is 16.2. The first-order valence-electron chi connectivity index (χ1n) is 8.64. The van der Waals surface area contributed by atoms with Gasteiger partial charge in [0.15, 0.2) is 0 Å². The van der Waals surface area contributed by atoms with Crippen LogP contribution in [0.4, 0.5) is 5.69 Å². The number of anilines is 1. The number of hydrogen-bond donors (Lipinski definition) is 0. The summed E-state index contributed by atoms with van der Waals surface area (Å²) in [6.07, 6.45) is 2.87. The van der Waals surface area contributed by atoms with Gasteiger partial charge in [0.25, 0.3) is 5.91 Å². The third kappa shape index (κ3) is 1.88. The summed E-state index contributed by atoms with van der Waals surface area (Å²) < 4.78 is 0. The molecule has 124 valence electrons. The van der Waals surface area contributed by atoms with Gasteiger partial charge in [0.2, 0.25) is 5.91 Å². The number of nitrogens with zero attached hydrogens (tertiary/aromatic N) is 2. The fourth-order valence-corrected chi connectivity index (χ4v) is 4.49. The SMILES string of the molecule is CN1C(=O)C2=Cc3ccccc3N3CCc4ccccc4C3C2C1=O. The lowest BCUT2D eigenvalue weighted by molar-refractivity contribution is -0.137. The lowest BCUT2D eigenvalue weighted by Gasteiger charge is -2.41. The Morgan fingerprint density at radius 1 is 1.00 bits per heavy atom. The van der Waals surface area contributed by atoms with Crippen LogP contribution in [-0.4, -0.2) is 30.3 Å². The molecule has 0 N–H and O–H groups in total. The second kappa shape index (κ2) is 5.06. The Bertz CT molecular complexity index is 946. The quantitative estimate of drug-likeness (QED) is 0.698. The van der Waals surface area contributed by atoms with E-state index in [0.29, 0.717) is 5.57 Å². The van der Waals surface area contributed by atoms with Crippen molar-refractivity contribution in [2.24, 2.45) is 5.92 Å². The van der Waals surface area contributed by atoms with E-state index in [1.807, 2.05) is 36.4 Å². The molecule has 3 aliphatic heterocycles.